The Balaban J connectivity index is 1.31. The molecule has 1 aliphatic rings. The molecule has 0 aliphatic carbocycles. The molecule has 10 nitrogen and oxygen atoms in total. The molecule has 0 radical (unpaired) electrons. The van der Waals surface area contributed by atoms with Crippen molar-refractivity contribution in [3.05, 3.63) is 106 Å². The molecule has 48 heavy (non-hydrogen) atoms. The molecule has 1 aliphatic heterocycles. The average molecular weight is 688 g/mol. The summed E-state index contributed by atoms with van der Waals surface area (Å²) in [5, 5.41) is 26.7. The molecule has 3 heterocycles. The summed E-state index contributed by atoms with van der Waals surface area (Å²) in [6.07, 6.45) is 4.52. The molecule has 1 fully saturated rings. The van der Waals surface area contributed by atoms with Gasteiger partial charge < -0.3 is 20.3 Å². The third-order valence-electron chi connectivity index (χ3n) is 7.99. The number of pyridine rings is 1. The first-order valence-corrected chi connectivity index (χ1v) is 16.2. The van der Waals surface area contributed by atoms with E-state index in [4.69, 9.17) is 27.9 Å². The summed E-state index contributed by atoms with van der Waals surface area (Å²) >= 11 is 12.7. The number of nitriles is 1. The van der Waals surface area contributed by atoms with Crippen LogP contribution in [-0.2, 0) is 4.74 Å². The second-order valence-electron chi connectivity index (χ2n) is 12.6. The van der Waals surface area contributed by atoms with Crippen LogP contribution < -0.4 is 10.6 Å². The smallest absolute Gasteiger partial charge is 0.410 e. The summed E-state index contributed by atoms with van der Waals surface area (Å²) in [7, 11) is 0. The van der Waals surface area contributed by atoms with Gasteiger partial charge in [0.05, 0.1) is 45.8 Å². The lowest BCUT2D eigenvalue weighted by molar-refractivity contribution is 0.0184. The number of nitrogens with zero attached hydrogens (tertiary/aromatic N) is 6. The Bertz CT molecular complexity index is 2000. The number of halogens is 3. The van der Waals surface area contributed by atoms with Gasteiger partial charge in [-0.15, -0.1) is 5.10 Å². The molecule has 6 rings (SSSR count). The number of carbonyl (C=O) groups excluding carboxylic acids is 1. The van der Waals surface area contributed by atoms with E-state index in [1.807, 2.05) is 62.0 Å². The number of ether oxygens (including phenoxy) is 1. The van der Waals surface area contributed by atoms with Crippen molar-refractivity contribution < 1.29 is 13.9 Å². The average Bonchev–Trinajstić information content (AvgIpc) is 3.55. The number of anilines is 3. The van der Waals surface area contributed by atoms with Gasteiger partial charge in [-0.05, 0) is 69.5 Å². The second kappa shape index (κ2) is 13.7. The highest BCUT2D eigenvalue weighted by atomic mass is 35.5. The number of amides is 1. The summed E-state index contributed by atoms with van der Waals surface area (Å²) in [6, 6.07) is 19.4. The first-order valence-electron chi connectivity index (χ1n) is 15.4. The lowest BCUT2D eigenvalue weighted by Gasteiger charge is -2.33. The summed E-state index contributed by atoms with van der Waals surface area (Å²) in [5.41, 5.74) is 3.45. The van der Waals surface area contributed by atoms with Crippen molar-refractivity contribution >= 4 is 57.3 Å². The summed E-state index contributed by atoms with van der Waals surface area (Å²) in [6.45, 7) is 6.69. The zero-order valence-corrected chi connectivity index (χ0v) is 28.1. The standard InChI is InChI=1S/C35H33Cl2FN8O2/c1-35(2,3)48-34(47)45-13-11-25(12-14-45)46-20-30(43-44-46)32(21-7-5-4-6-8-21)42-29-16-23(36)15-26-31(22(18-39)19-40-33(26)29)41-24-9-10-28(38)27(37)17-24/h4-10,15-17,19-20,25,32,42H,11-14H2,1-3H3,(H,40,41)/t32-/m0/s1. The number of rotatable bonds is 7. The van der Waals surface area contributed by atoms with E-state index in [1.165, 1.54) is 24.4 Å². The Hall–Kier alpha value is -4.92. The van der Waals surface area contributed by atoms with Crippen LogP contribution in [0.2, 0.25) is 10.0 Å². The highest BCUT2D eigenvalue weighted by molar-refractivity contribution is 6.32. The Morgan fingerprint density at radius 1 is 1.10 bits per heavy atom. The van der Waals surface area contributed by atoms with Crippen molar-refractivity contribution in [2.24, 2.45) is 0 Å². The van der Waals surface area contributed by atoms with E-state index in [0.717, 1.165) is 5.56 Å². The van der Waals surface area contributed by atoms with Crippen LogP contribution >= 0.6 is 23.2 Å². The van der Waals surface area contributed by atoms with Gasteiger partial charge >= 0.3 is 6.09 Å². The normalized spacial score (nSPS) is 14.4. The van der Waals surface area contributed by atoms with Crippen molar-refractivity contribution in [3.63, 3.8) is 0 Å². The van der Waals surface area contributed by atoms with Gasteiger partial charge in [0.15, 0.2) is 0 Å². The molecule has 0 bridgehead atoms. The first-order chi connectivity index (χ1) is 23.0. The molecule has 1 amide bonds. The van der Waals surface area contributed by atoms with E-state index in [-0.39, 0.29) is 22.7 Å². The van der Waals surface area contributed by atoms with E-state index in [9.17, 15) is 14.4 Å². The van der Waals surface area contributed by atoms with Crippen molar-refractivity contribution in [3.8, 4) is 6.07 Å². The highest BCUT2D eigenvalue weighted by Crippen LogP contribution is 2.38. The number of likely N-dealkylation sites (tertiary alicyclic amines) is 1. The van der Waals surface area contributed by atoms with E-state index in [2.05, 4.69) is 32.0 Å². The molecule has 5 aromatic rings. The fourth-order valence-electron chi connectivity index (χ4n) is 5.68. The molecule has 3 aromatic carbocycles. The minimum absolute atomic E-state index is 0.0513. The van der Waals surface area contributed by atoms with E-state index in [1.54, 1.807) is 17.0 Å². The number of benzene rings is 3. The van der Waals surface area contributed by atoms with Gasteiger partial charge in [0, 0.05) is 35.4 Å². The summed E-state index contributed by atoms with van der Waals surface area (Å²) in [4.78, 5) is 18.9. The molecule has 0 spiro atoms. The third kappa shape index (κ3) is 7.30. The Morgan fingerprint density at radius 2 is 1.85 bits per heavy atom. The van der Waals surface area contributed by atoms with Gasteiger partial charge in [-0.2, -0.15) is 5.26 Å². The predicted molar refractivity (Wildman–Crippen MR) is 184 cm³/mol. The van der Waals surface area contributed by atoms with Crippen molar-refractivity contribution in [1.82, 2.24) is 24.9 Å². The van der Waals surface area contributed by atoms with E-state index >= 15 is 0 Å². The molecule has 0 unspecified atom stereocenters. The maximum absolute atomic E-state index is 13.9. The van der Waals surface area contributed by atoms with Crippen LogP contribution in [0.25, 0.3) is 10.9 Å². The molecule has 1 saturated heterocycles. The van der Waals surface area contributed by atoms with Crippen LogP contribution in [0.5, 0.6) is 0 Å². The molecular weight excluding hydrogens is 654 g/mol. The summed E-state index contributed by atoms with van der Waals surface area (Å²) < 4.78 is 21.3. The highest BCUT2D eigenvalue weighted by Gasteiger charge is 2.29. The van der Waals surface area contributed by atoms with Crippen LogP contribution in [-0.4, -0.2) is 49.7 Å². The topological polar surface area (TPSA) is 121 Å². The van der Waals surface area contributed by atoms with Crippen LogP contribution in [0.3, 0.4) is 0 Å². The minimum Gasteiger partial charge on any atom is -0.444 e. The number of piperidine rings is 1. The third-order valence-corrected chi connectivity index (χ3v) is 8.50. The van der Waals surface area contributed by atoms with Gasteiger partial charge in [0.25, 0.3) is 0 Å². The molecule has 1 atom stereocenters. The van der Waals surface area contributed by atoms with Gasteiger partial charge in [-0.1, -0.05) is 58.7 Å². The fourth-order valence-corrected chi connectivity index (χ4v) is 6.08. The van der Waals surface area contributed by atoms with Crippen molar-refractivity contribution in [1.29, 1.82) is 5.26 Å². The minimum atomic E-state index is -0.551. The first kappa shape index (κ1) is 33.0. The molecule has 2 aromatic heterocycles. The fraction of sp³-hybridized carbons (Fsp3) is 0.286. The maximum Gasteiger partial charge on any atom is 0.410 e. The summed E-state index contributed by atoms with van der Waals surface area (Å²) in [5.74, 6) is -0.549. The van der Waals surface area contributed by atoms with E-state index in [0.29, 0.717) is 64.6 Å². The Morgan fingerprint density at radius 3 is 2.54 bits per heavy atom. The molecule has 246 valence electrons. The molecule has 13 heteroatoms. The van der Waals surface area contributed by atoms with Crippen molar-refractivity contribution in [2.45, 2.75) is 51.3 Å². The maximum atomic E-state index is 13.9. The van der Waals surface area contributed by atoms with Crippen LogP contribution in [0.4, 0.5) is 26.2 Å². The van der Waals surface area contributed by atoms with Crippen LogP contribution in [0.15, 0.2) is 73.1 Å². The number of fused-ring (bicyclic) bond motifs is 1. The van der Waals surface area contributed by atoms with E-state index < -0.39 is 17.5 Å². The number of aromatic nitrogens is 4. The SMILES string of the molecule is CC(C)(C)OC(=O)N1CCC(n2cc([C@@H](Nc3cc(Cl)cc4c(Nc5ccc(F)c(Cl)c5)c(C#N)cnc34)c3ccccc3)nn2)CC1. The number of hydrogen-bond donors (Lipinski definition) is 2. The quantitative estimate of drug-likeness (QED) is 0.174. The van der Waals surface area contributed by atoms with Gasteiger partial charge in [-0.25, -0.2) is 13.9 Å². The monoisotopic (exact) mass is 686 g/mol. The van der Waals surface area contributed by atoms with Crippen molar-refractivity contribution in [2.75, 3.05) is 23.7 Å². The number of hydrogen-bond acceptors (Lipinski definition) is 8. The van der Waals surface area contributed by atoms with Crippen LogP contribution in [0, 0.1) is 17.1 Å². The van der Waals surface area contributed by atoms with Crippen LogP contribution in [0.1, 0.15) is 62.5 Å². The largest absolute Gasteiger partial charge is 0.444 e. The second-order valence-corrected chi connectivity index (χ2v) is 13.4. The number of nitrogens with one attached hydrogen (secondary N) is 2. The molecular formula is C35H33Cl2FN8O2. The van der Waals surface area contributed by atoms with Gasteiger partial charge in [0.2, 0.25) is 0 Å². The van der Waals surface area contributed by atoms with Gasteiger partial charge in [0.1, 0.15) is 23.2 Å². The lowest BCUT2D eigenvalue weighted by Crippen LogP contribution is -2.42. The molecule has 0 saturated carbocycles. The zero-order valence-electron chi connectivity index (χ0n) is 26.5. The van der Waals surface area contributed by atoms with Gasteiger partial charge in [-0.3, -0.25) is 4.98 Å². The molecule has 2 N–H and O–H groups in total. The lowest BCUT2D eigenvalue weighted by atomic mass is 10.0. The Labute approximate surface area is 287 Å². The number of carbonyl (C=O) groups is 1. The predicted octanol–water partition coefficient (Wildman–Crippen LogP) is 8.66. The Kier molecular flexibility index (Phi) is 9.40. The zero-order chi connectivity index (χ0) is 34.0.